The molecule has 0 unspecified atom stereocenters. The molecule has 0 fully saturated rings. The maximum Gasteiger partial charge on any atom is 0.119 e. The van der Waals surface area contributed by atoms with Gasteiger partial charge in [0.1, 0.15) is 5.71 Å². The summed E-state index contributed by atoms with van der Waals surface area (Å²) in [5, 5.41) is 12.9. The Morgan fingerprint density at radius 2 is 2.06 bits per heavy atom. The first-order chi connectivity index (χ1) is 8.81. The molecular formula is C15H14N2O. The van der Waals surface area contributed by atoms with Crippen LogP contribution in [0.3, 0.4) is 0 Å². The van der Waals surface area contributed by atoms with E-state index in [1.54, 1.807) is 12.4 Å². The number of hydrogen-bond acceptors (Lipinski definition) is 3. The van der Waals surface area contributed by atoms with E-state index in [2.05, 4.69) is 23.1 Å². The molecule has 0 saturated heterocycles. The molecule has 1 aromatic carbocycles. The highest BCUT2D eigenvalue weighted by Crippen LogP contribution is 2.26. The fourth-order valence-electron chi connectivity index (χ4n) is 2.62. The van der Waals surface area contributed by atoms with E-state index < -0.39 is 0 Å². The van der Waals surface area contributed by atoms with Crippen molar-refractivity contribution in [2.45, 2.75) is 19.8 Å². The Kier molecular flexibility index (Phi) is 2.59. The van der Waals surface area contributed by atoms with E-state index in [4.69, 9.17) is 0 Å². The van der Waals surface area contributed by atoms with Crippen LogP contribution >= 0.6 is 0 Å². The van der Waals surface area contributed by atoms with Crippen LogP contribution in [0.2, 0.25) is 0 Å². The number of nitrogens with zero attached hydrogens (tertiary/aromatic N) is 2. The summed E-state index contributed by atoms with van der Waals surface area (Å²) in [6.07, 6.45) is 5.49. The summed E-state index contributed by atoms with van der Waals surface area (Å²) in [5.41, 5.74) is 6.28. The third-order valence-electron chi connectivity index (χ3n) is 3.58. The van der Waals surface area contributed by atoms with Gasteiger partial charge in [-0.3, -0.25) is 4.98 Å². The molecule has 90 valence electrons. The Hall–Kier alpha value is -2.16. The van der Waals surface area contributed by atoms with E-state index in [-0.39, 0.29) is 0 Å². The molecule has 1 aliphatic rings. The van der Waals surface area contributed by atoms with Crippen molar-refractivity contribution in [1.29, 1.82) is 0 Å². The second kappa shape index (κ2) is 4.26. The molecule has 0 amide bonds. The molecule has 1 aromatic heterocycles. The van der Waals surface area contributed by atoms with Gasteiger partial charge in [0.05, 0.1) is 0 Å². The topological polar surface area (TPSA) is 45.5 Å². The molecule has 1 N–H and O–H groups in total. The first-order valence-corrected chi connectivity index (χ1v) is 6.05. The van der Waals surface area contributed by atoms with Crippen molar-refractivity contribution in [3.05, 3.63) is 64.5 Å². The van der Waals surface area contributed by atoms with Gasteiger partial charge in [-0.25, -0.2) is 0 Å². The number of hydrogen-bond donors (Lipinski definition) is 1. The number of benzene rings is 1. The van der Waals surface area contributed by atoms with Crippen LogP contribution in [-0.2, 0) is 12.8 Å². The van der Waals surface area contributed by atoms with Crippen LogP contribution in [-0.4, -0.2) is 15.9 Å². The summed E-state index contributed by atoms with van der Waals surface area (Å²) in [6.45, 7) is 2.10. The van der Waals surface area contributed by atoms with Crippen LogP contribution in [0.25, 0.3) is 0 Å². The van der Waals surface area contributed by atoms with E-state index >= 15 is 0 Å². The standard InChI is InChI=1S/C15H14N2O/c1-10-3-2-4-13-12(10)6-5-11-7-8-16-9-14(11)15(13)17-18/h2-4,7-9,18H,5-6H2,1H3/b17-15+. The lowest BCUT2D eigenvalue weighted by atomic mass is 9.96. The van der Waals surface area contributed by atoms with Gasteiger partial charge in [0.2, 0.25) is 0 Å². The Balaban J connectivity index is 2.29. The fraction of sp³-hybridized carbons (Fsp3) is 0.200. The van der Waals surface area contributed by atoms with Crippen LogP contribution in [0, 0.1) is 6.92 Å². The van der Waals surface area contributed by atoms with Crippen molar-refractivity contribution in [2.75, 3.05) is 0 Å². The van der Waals surface area contributed by atoms with Gasteiger partial charge in [0.25, 0.3) is 0 Å². The Morgan fingerprint density at radius 3 is 2.89 bits per heavy atom. The van der Waals surface area contributed by atoms with Crippen molar-refractivity contribution in [1.82, 2.24) is 4.98 Å². The van der Waals surface area contributed by atoms with Crippen molar-refractivity contribution in [3.8, 4) is 0 Å². The second-order valence-electron chi connectivity index (χ2n) is 4.58. The summed E-state index contributed by atoms with van der Waals surface area (Å²) in [7, 11) is 0. The Labute approximate surface area is 106 Å². The maximum atomic E-state index is 9.36. The maximum absolute atomic E-state index is 9.36. The average Bonchev–Trinajstić information content (AvgIpc) is 2.56. The number of aryl methyl sites for hydroxylation is 2. The number of pyridine rings is 1. The van der Waals surface area contributed by atoms with Crippen molar-refractivity contribution in [2.24, 2.45) is 5.16 Å². The molecule has 0 saturated carbocycles. The molecule has 0 aliphatic heterocycles. The van der Waals surface area contributed by atoms with E-state index in [1.807, 2.05) is 18.2 Å². The summed E-state index contributed by atoms with van der Waals surface area (Å²) >= 11 is 0. The largest absolute Gasteiger partial charge is 0.410 e. The quantitative estimate of drug-likeness (QED) is 0.566. The number of fused-ring (bicyclic) bond motifs is 2. The van der Waals surface area contributed by atoms with E-state index in [0.29, 0.717) is 5.71 Å². The van der Waals surface area contributed by atoms with Crippen molar-refractivity contribution in [3.63, 3.8) is 0 Å². The lowest BCUT2D eigenvalue weighted by Crippen LogP contribution is -2.07. The molecular weight excluding hydrogens is 224 g/mol. The van der Waals surface area contributed by atoms with Crippen LogP contribution in [0.4, 0.5) is 0 Å². The molecule has 1 heterocycles. The van der Waals surface area contributed by atoms with Crippen LogP contribution in [0.5, 0.6) is 0 Å². The molecule has 18 heavy (non-hydrogen) atoms. The molecule has 0 spiro atoms. The lowest BCUT2D eigenvalue weighted by Gasteiger charge is -2.09. The number of oxime groups is 1. The highest BCUT2D eigenvalue weighted by atomic mass is 16.4. The molecule has 0 bridgehead atoms. The second-order valence-corrected chi connectivity index (χ2v) is 4.58. The van der Waals surface area contributed by atoms with Crippen LogP contribution < -0.4 is 0 Å². The number of rotatable bonds is 0. The molecule has 1 aliphatic carbocycles. The highest BCUT2D eigenvalue weighted by Gasteiger charge is 2.20. The molecule has 0 atom stereocenters. The number of aromatic nitrogens is 1. The first kappa shape index (κ1) is 11.0. The summed E-state index contributed by atoms with van der Waals surface area (Å²) in [5.74, 6) is 0. The van der Waals surface area contributed by atoms with Crippen molar-refractivity contribution >= 4 is 5.71 Å². The zero-order valence-electron chi connectivity index (χ0n) is 10.2. The molecule has 3 rings (SSSR count). The minimum absolute atomic E-state index is 0.634. The summed E-state index contributed by atoms with van der Waals surface area (Å²) < 4.78 is 0. The van der Waals surface area contributed by atoms with Gasteiger partial charge in [-0.15, -0.1) is 0 Å². The van der Waals surface area contributed by atoms with Gasteiger partial charge in [0.15, 0.2) is 0 Å². The van der Waals surface area contributed by atoms with Gasteiger partial charge in [0, 0.05) is 23.5 Å². The fourth-order valence-corrected chi connectivity index (χ4v) is 2.62. The van der Waals surface area contributed by atoms with E-state index in [1.165, 1.54) is 16.7 Å². The minimum atomic E-state index is 0.634. The Morgan fingerprint density at radius 1 is 1.17 bits per heavy atom. The zero-order chi connectivity index (χ0) is 12.5. The summed E-state index contributed by atoms with van der Waals surface area (Å²) in [6, 6.07) is 8.12. The zero-order valence-corrected chi connectivity index (χ0v) is 10.2. The smallest absolute Gasteiger partial charge is 0.119 e. The SMILES string of the molecule is Cc1cccc2c1CCc1ccncc1/C2=N/O. The predicted octanol–water partition coefficient (Wildman–Crippen LogP) is 2.72. The van der Waals surface area contributed by atoms with Crippen LogP contribution in [0.1, 0.15) is 27.8 Å². The van der Waals surface area contributed by atoms with Crippen molar-refractivity contribution < 1.29 is 5.21 Å². The molecule has 0 radical (unpaired) electrons. The van der Waals surface area contributed by atoms with E-state index in [0.717, 1.165) is 24.0 Å². The lowest BCUT2D eigenvalue weighted by molar-refractivity contribution is 0.319. The van der Waals surface area contributed by atoms with Gasteiger partial charge in [-0.05, 0) is 42.5 Å². The van der Waals surface area contributed by atoms with Gasteiger partial charge < -0.3 is 5.21 Å². The molecule has 3 nitrogen and oxygen atoms in total. The highest BCUT2D eigenvalue weighted by molar-refractivity contribution is 6.14. The van der Waals surface area contributed by atoms with E-state index in [9.17, 15) is 5.21 Å². The van der Waals surface area contributed by atoms with Gasteiger partial charge >= 0.3 is 0 Å². The van der Waals surface area contributed by atoms with Gasteiger partial charge in [-0.1, -0.05) is 23.4 Å². The average molecular weight is 238 g/mol. The van der Waals surface area contributed by atoms with Crippen LogP contribution in [0.15, 0.2) is 41.8 Å². The monoisotopic (exact) mass is 238 g/mol. The normalized spacial score (nSPS) is 15.9. The third-order valence-corrected chi connectivity index (χ3v) is 3.58. The minimum Gasteiger partial charge on any atom is -0.410 e. The van der Waals surface area contributed by atoms with Gasteiger partial charge in [-0.2, -0.15) is 0 Å². The summed E-state index contributed by atoms with van der Waals surface area (Å²) in [4.78, 5) is 4.14. The Bertz CT molecular complexity index is 632. The predicted molar refractivity (Wildman–Crippen MR) is 70.2 cm³/mol. The first-order valence-electron chi connectivity index (χ1n) is 6.05. The molecule has 2 aromatic rings. The molecule has 3 heteroatoms. The third kappa shape index (κ3) is 1.59.